The van der Waals surface area contributed by atoms with Crippen molar-refractivity contribution in [2.45, 2.75) is 4.90 Å². The van der Waals surface area contributed by atoms with Gasteiger partial charge in [0.1, 0.15) is 16.5 Å². The number of rotatable bonds is 4. The summed E-state index contributed by atoms with van der Waals surface area (Å²) in [6.45, 7) is 0.548. The van der Waals surface area contributed by atoms with Crippen LogP contribution in [0.25, 0.3) is 6.08 Å². The molecule has 8 heteroatoms. The Bertz CT molecular complexity index is 968. The van der Waals surface area contributed by atoms with Gasteiger partial charge >= 0.3 is 0 Å². The smallest absolute Gasteiger partial charge is 0.246 e. The molecule has 0 unspecified atom stereocenters. The molecular formula is C19H18F2N2O3S. The van der Waals surface area contributed by atoms with Crippen molar-refractivity contribution >= 4 is 22.0 Å². The molecule has 1 aliphatic rings. The molecule has 0 radical (unpaired) electrons. The molecule has 0 spiro atoms. The average molecular weight is 392 g/mol. The maximum absolute atomic E-state index is 13.8. The van der Waals surface area contributed by atoms with E-state index in [0.29, 0.717) is 5.56 Å². The molecule has 0 aliphatic carbocycles. The van der Waals surface area contributed by atoms with E-state index in [-0.39, 0.29) is 37.0 Å². The second-order valence-electron chi connectivity index (χ2n) is 6.05. The molecule has 0 bridgehead atoms. The van der Waals surface area contributed by atoms with Crippen molar-refractivity contribution in [2.75, 3.05) is 26.2 Å². The van der Waals surface area contributed by atoms with Gasteiger partial charge in [0, 0.05) is 32.3 Å². The van der Waals surface area contributed by atoms with Gasteiger partial charge in [-0.3, -0.25) is 4.79 Å². The van der Waals surface area contributed by atoms with Crippen LogP contribution in [0.3, 0.4) is 0 Å². The first-order valence-electron chi connectivity index (χ1n) is 8.35. The molecule has 142 valence electrons. The third-order valence-corrected chi connectivity index (χ3v) is 6.20. The number of carbonyl (C=O) groups excluding carboxylic acids is 1. The number of benzene rings is 2. The van der Waals surface area contributed by atoms with Crippen LogP contribution < -0.4 is 0 Å². The predicted octanol–water partition coefficient (Wildman–Crippen LogP) is 2.51. The minimum absolute atomic E-state index is 0.0796. The van der Waals surface area contributed by atoms with Gasteiger partial charge in [-0.2, -0.15) is 4.31 Å². The van der Waals surface area contributed by atoms with Crippen LogP contribution >= 0.6 is 0 Å². The molecule has 3 rings (SSSR count). The van der Waals surface area contributed by atoms with E-state index in [4.69, 9.17) is 0 Å². The van der Waals surface area contributed by atoms with E-state index in [1.165, 1.54) is 51.7 Å². The van der Waals surface area contributed by atoms with Gasteiger partial charge in [-0.1, -0.05) is 24.3 Å². The first kappa shape index (κ1) is 19.2. The Morgan fingerprint density at radius 3 is 2.33 bits per heavy atom. The molecule has 1 fully saturated rings. The number of sulfonamides is 1. The third-order valence-electron chi connectivity index (χ3n) is 4.27. The Labute approximate surface area is 156 Å². The highest BCUT2D eigenvalue weighted by molar-refractivity contribution is 7.89. The Balaban J connectivity index is 1.63. The first-order chi connectivity index (χ1) is 12.9. The minimum Gasteiger partial charge on any atom is -0.337 e. The fourth-order valence-corrected chi connectivity index (χ4v) is 4.31. The molecule has 1 amide bonds. The van der Waals surface area contributed by atoms with E-state index in [1.54, 1.807) is 12.1 Å². The molecule has 0 aromatic heterocycles. The zero-order chi connectivity index (χ0) is 19.4. The van der Waals surface area contributed by atoms with E-state index >= 15 is 0 Å². The van der Waals surface area contributed by atoms with Gasteiger partial charge in [0.25, 0.3) is 0 Å². The van der Waals surface area contributed by atoms with Gasteiger partial charge in [0.05, 0.1) is 0 Å². The van der Waals surface area contributed by atoms with Crippen LogP contribution in [0.2, 0.25) is 0 Å². The molecule has 5 nitrogen and oxygen atoms in total. The molecule has 0 N–H and O–H groups in total. The normalized spacial score (nSPS) is 16.0. The summed E-state index contributed by atoms with van der Waals surface area (Å²) >= 11 is 0. The molecule has 2 aromatic rings. The van der Waals surface area contributed by atoms with Gasteiger partial charge in [0.2, 0.25) is 15.9 Å². The molecule has 1 saturated heterocycles. The number of hydrogen-bond donors (Lipinski definition) is 0. The fourth-order valence-electron chi connectivity index (χ4n) is 2.83. The second-order valence-corrected chi connectivity index (χ2v) is 7.95. The lowest BCUT2D eigenvalue weighted by molar-refractivity contribution is -0.127. The van der Waals surface area contributed by atoms with Crippen molar-refractivity contribution in [1.29, 1.82) is 0 Å². The Morgan fingerprint density at radius 1 is 0.963 bits per heavy atom. The molecule has 2 aromatic carbocycles. The number of piperazine rings is 1. The zero-order valence-corrected chi connectivity index (χ0v) is 15.2. The predicted molar refractivity (Wildman–Crippen MR) is 97.2 cm³/mol. The summed E-state index contributed by atoms with van der Waals surface area (Å²) in [5.74, 6) is -1.48. The van der Waals surface area contributed by atoms with E-state index in [9.17, 15) is 22.0 Å². The van der Waals surface area contributed by atoms with Crippen molar-refractivity contribution < 1.29 is 22.0 Å². The quantitative estimate of drug-likeness (QED) is 0.752. The van der Waals surface area contributed by atoms with Crippen LogP contribution in [-0.2, 0) is 14.8 Å². The Hall–Kier alpha value is -2.58. The maximum Gasteiger partial charge on any atom is 0.246 e. The van der Waals surface area contributed by atoms with Crippen molar-refractivity contribution in [3.05, 3.63) is 71.8 Å². The highest BCUT2D eigenvalue weighted by atomic mass is 32.2. The summed E-state index contributed by atoms with van der Waals surface area (Å²) in [6, 6.07) is 11.1. The summed E-state index contributed by atoms with van der Waals surface area (Å²) in [5.41, 5.74) is 0.559. The lowest BCUT2D eigenvalue weighted by Crippen LogP contribution is -2.50. The summed E-state index contributed by atoms with van der Waals surface area (Å²) in [6.07, 6.45) is 2.84. The molecule has 1 heterocycles. The summed E-state index contributed by atoms with van der Waals surface area (Å²) in [7, 11) is -3.94. The average Bonchev–Trinajstić information content (AvgIpc) is 2.66. The van der Waals surface area contributed by atoms with Gasteiger partial charge in [0.15, 0.2) is 0 Å². The summed E-state index contributed by atoms with van der Waals surface area (Å²) < 4.78 is 53.3. The maximum atomic E-state index is 13.8. The van der Waals surface area contributed by atoms with Crippen molar-refractivity contribution in [2.24, 2.45) is 0 Å². The monoisotopic (exact) mass is 392 g/mol. The number of halogens is 2. The van der Waals surface area contributed by atoms with Crippen LogP contribution in [0.4, 0.5) is 8.78 Å². The van der Waals surface area contributed by atoms with Gasteiger partial charge in [-0.25, -0.2) is 17.2 Å². The highest BCUT2D eigenvalue weighted by Gasteiger charge is 2.31. The van der Waals surface area contributed by atoms with E-state index in [0.717, 1.165) is 6.07 Å². The number of hydrogen-bond acceptors (Lipinski definition) is 3. The molecular weight excluding hydrogens is 374 g/mol. The van der Waals surface area contributed by atoms with Gasteiger partial charge in [-0.05, 0) is 35.9 Å². The van der Waals surface area contributed by atoms with Crippen LogP contribution in [0, 0.1) is 11.6 Å². The topological polar surface area (TPSA) is 57.7 Å². The standard InChI is InChI=1S/C19H18F2N2O3S/c20-16-5-3-4-15(14-16)8-9-19(24)22-10-12-23(13-11-22)27(25,26)18-7-2-1-6-17(18)21/h1-9,14H,10-13H2/b9-8+. The molecule has 1 aliphatic heterocycles. The van der Waals surface area contributed by atoms with E-state index in [1.807, 2.05) is 0 Å². The lowest BCUT2D eigenvalue weighted by Gasteiger charge is -2.33. The Kier molecular flexibility index (Phi) is 5.67. The lowest BCUT2D eigenvalue weighted by atomic mass is 10.2. The number of amides is 1. The fraction of sp³-hybridized carbons (Fsp3) is 0.211. The summed E-state index contributed by atoms with van der Waals surface area (Å²) in [4.78, 5) is 13.4. The Morgan fingerprint density at radius 2 is 1.67 bits per heavy atom. The van der Waals surface area contributed by atoms with Gasteiger partial charge < -0.3 is 4.90 Å². The zero-order valence-electron chi connectivity index (χ0n) is 14.4. The van der Waals surface area contributed by atoms with E-state index < -0.39 is 21.7 Å². The largest absolute Gasteiger partial charge is 0.337 e. The van der Waals surface area contributed by atoms with Crippen molar-refractivity contribution in [1.82, 2.24) is 9.21 Å². The second kappa shape index (κ2) is 7.98. The first-order valence-corrected chi connectivity index (χ1v) is 9.79. The third kappa shape index (κ3) is 4.40. The van der Waals surface area contributed by atoms with Gasteiger partial charge in [-0.15, -0.1) is 0 Å². The van der Waals surface area contributed by atoms with Crippen LogP contribution in [0.1, 0.15) is 5.56 Å². The van der Waals surface area contributed by atoms with Crippen LogP contribution in [-0.4, -0.2) is 49.7 Å². The SMILES string of the molecule is O=C(/C=C/c1cccc(F)c1)N1CCN(S(=O)(=O)c2ccccc2F)CC1. The number of nitrogens with zero attached hydrogens (tertiary/aromatic N) is 2. The minimum atomic E-state index is -3.94. The summed E-state index contributed by atoms with van der Waals surface area (Å²) in [5, 5.41) is 0. The van der Waals surface area contributed by atoms with Crippen molar-refractivity contribution in [3.63, 3.8) is 0 Å². The number of carbonyl (C=O) groups is 1. The molecule has 0 atom stereocenters. The van der Waals surface area contributed by atoms with E-state index in [2.05, 4.69) is 0 Å². The molecule has 0 saturated carbocycles. The highest BCUT2D eigenvalue weighted by Crippen LogP contribution is 2.20. The van der Waals surface area contributed by atoms with Crippen LogP contribution in [0.15, 0.2) is 59.5 Å². The van der Waals surface area contributed by atoms with Crippen molar-refractivity contribution in [3.8, 4) is 0 Å². The van der Waals surface area contributed by atoms with Crippen LogP contribution in [0.5, 0.6) is 0 Å². The molecule has 27 heavy (non-hydrogen) atoms.